The van der Waals surface area contributed by atoms with Gasteiger partial charge in [0.05, 0.1) is 12.9 Å². The van der Waals surface area contributed by atoms with Crippen LogP contribution in [0.15, 0.2) is 47.1 Å². The minimum Gasteiger partial charge on any atom is -0.501 e. The number of ether oxygens (including phenoxy) is 1. The number of carbonyl (C=O) groups is 1. The number of rotatable bonds is 4. The molecule has 3 nitrogen and oxygen atoms in total. The standard InChI is InChI=1S/C13H12O3/c1-2-15-8-7-11(14)13-9-10-5-3-4-6-12(10)16-13/h3-9H,2H2,1H3. The van der Waals surface area contributed by atoms with Crippen LogP contribution >= 0.6 is 0 Å². The summed E-state index contributed by atoms with van der Waals surface area (Å²) in [6, 6.07) is 9.24. The molecule has 2 aromatic rings. The van der Waals surface area contributed by atoms with Gasteiger partial charge in [0.25, 0.3) is 0 Å². The highest BCUT2D eigenvalue weighted by Crippen LogP contribution is 2.19. The van der Waals surface area contributed by atoms with Crippen LogP contribution in [0.2, 0.25) is 0 Å². The van der Waals surface area contributed by atoms with Crippen molar-refractivity contribution in [2.75, 3.05) is 6.61 Å². The Hall–Kier alpha value is -2.03. The molecular weight excluding hydrogens is 204 g/mol. The second-order valence-corrected chi connectivity index (χ2v) is 3.27. The van der Waals surface area contributed by atoms with E-state index in [1.807, 2.05) is 31.2 Å². The fraction of sp³-hybridized carbons (Fsp3) is 0.154. The van der Waals surface area contributed by atoms with Crippen LogP contribution in [0.1, 0.15) is 17.5 Å². The number of fused-ring (bicyclic) bond motifs is 1. The van der Waals surface area contributed by atoms with Crippen molar-refractivity contribution in [3.05, 3.63) is 48.4 Å². The van der Waals surface area contributed by atoms with Crippen molar-refractivity contribution in [3.8, 4) is 0 Å². The molecule has 0 N–H and O–H groups in total. The lowest BCUT2D eigenvalue weighted by molar-refractivity contribution is 0.102. The molecule has 82 valence electrons. The third-order valence-corrected chi connectivity index (χ3v) is 2.15. The van der Waals surface area contributed by atoms with Crippen molar-refractivity contribution >= 4 is 16.8 Å². The molecule has 0 amide bonds. The minimum atomic E-state index is -0.190. The summed E-state index contributed by atoms with van der Waals surface area (Å²) in [6.07, 6.45) is 2.75. The van der Waals surface area contributed by atoms with E-state index in [9.17, 15) is 4.79 Å². The number of hydrogen-bond acceptors (Lipinski definition) is 3. The summed E-state index contributed by atoms with van der Waals surface area (Å²) >= 11 is 0. The first kappa shape index (κ1) is 10.5. The summed E-state index contributed by atoms with van der Waals surface area (Å²) in [5, 5.41) is 0.927. The smallest absolute Gasteiger partial charge is 0.224 e. The van der Waals surface area contributed by atoms with E-state index in [0.29, 0.717) is 12.4 Å². The van der Waals surface area contributed by atoms with Crippen molar-refractivity contribution in [1.82, 2.24) is 0 Å². The van der Waals surface area contributed by atoms with Crippen molar-refractivity contribution in [3.63, 3.8) is 0 Å². The molecule has 0 saturated carbocycles. The first-order chi connectivity index (χ1) is 7.81. The number of allylic oxidation sites excluding steroid dienone is 1. The van der Waals surface area contributed by atoms with E-state index >= 15 is 0 Å². The number of hydrogen-bond donors (Lipinski definition) is 0. The van der Waals surface area contributed by atoms with Crippen LogP contribution in [0.3, 0.4) is 0 Å². The summed E-state index contributed by atoms with van der Waals surface area (Å²) in [7, 11) is 0. The van der Waals surface area contributed by atoms with Crippen molar-refractivity contribution in [2.45, 2.75) is 6.92 Å². The molecule has 0 bridgehead atoms. The van der Waals surface area contributed by atoms with Crippen molar-refractivity contribution < 1.29 is 13.9 Å². The highest BCUT2D eigenvalue weighted by atomic mass is 16.5. The van der Waals surface area contributed by atoms with E-state index in [2.05, 4.69) is 0 Å². The van der Waals surface area contributed by atoms with Gasteiger partial charge < -0.3 is 9.15 Å². The van der Waals surface area contributed by atoms with Crippen LogP contribution in [0.4, 0.5) is 0 Å². The van der Waals surface area contributed by atoms with Gasteiger partial charge in [-0.15, -0.1) is 0 Å². The fourth-order valence-electron chi connectivity index (χ4n) is 1.39. The van der Waals surface area contributed by atoms with Crippen LogP contribution in [0.25, 0.3) is 11.0 Å². The second-order valence-electron chi connectivity index (χ2n) is 3.27. The summed E-state index contributed by atoms with van der Waals surface area (Å²) in [6.45, 7) is 2.40. The fourth-order valence-corrected chi connectivity index (χ4v) is 1.39. The van der Waals surface area contributed by atoms with E-state index in [0.717, 1.165) is 11.0 Å². The lowest BCUT2D eigenvalue weighted by Crippen LogP contribution is -1.91. The molecule has 3 heteroatoms. The number of furan rings is 1. The molecule has 0 fully saturated rings. The molecule has 0 radical (unpaired) electrons. The molecule has 1 heterocycles. The second kappa shape index (κ2) is 4.66. The zero-order chi connectivity index (χ0) is 11.4. The Labute approximate surface area is 93.3 Å². The number of ketones is 1. The number of para-hydroxylation sites is 1. The lowest BCUT2D eigenvalue weighted by atomic mass is 10.2. The molecule has 0 aliphatic carbocycles. The summed E-state index contributed by atoms with van der Waals surface area (Å²) < 4.78 is 10.4. The molecule has 0 spiro atoms. The monoisotopic (exact) mass is 216 g/mol. The first-order valence-electron chi connectivity index (χ1n) is 5.12. The molecule has 1 aromatic heterocycles. The highest BCUT2D eigenvalue weighted by Gasteiger charge is 2.08. The average Bonchev–Trinajstić information content (AvgIpc) is 2.73. The van der Waals surface area contributed by atoms with E-state index in [1.165, 1.54) is 12.3 Å². The maximum atomic E-state index is 11.6. The summed E-state index contributed by atoms with van der Waals surface area (Å²) in [5.41, 5.74) is 0.718. The molecule has 0 aliphatic rings. The Morgan fingerprint density at radius 1 is 1.44 bits per heavy atom. The van der Waals surface area contributed by atoms with Gasteiger partial charge in [-0.05, 0) is 19.1 Å². The third kappa shape index (κ3) is 2.14. The van der Waals surface area contributed by atoms with Gasteiger partial charge in [-0.1, -0.05) is 18.2 Å². The summed E-state index contributed by atoms with van der Waals surface area (Å²) in [4.78, 5) is 11.6. The van der Waals surface area contributed by atoms with Crippen LogP contribution in [0, 0.1) is 0 Å². The highest BCUT2D eigenvalue weighted by molar-refractivity contribution is 6.04. The molecular formula is C13H12O3. The van der Waals surface area contributed by atoms with Gasteiger partial charge in [-0.25, -0.2) is 0 Å². The first-order valence-corrected chi connectivity index (χ1v) is 5.12. The van der Waals surface area contributed by atoms with Gasteiger partial charge in [0.15, 0.2) is 5.76 Å². The Morgan fingerprint density at radius 3 is 3.00 bits per heavy atom. The van der Waals surface area contributed by atoms with Crippen LogP contribution in [-0.2, 0) is 4.74 Å². The predicted molar refractivity (Wildman–Crippen MR) is 61.3 cm³/mol. The van der Waals surface area contributed by atoms with E-state index < -0.39 is 0 Å². The zero-order valence-electron chi connectivity index (χ0n) is 8.97. The minimum absolute atomic E-state index is 0.190. The van der Waals surface area contributed by atoms with Crippen LogP contribution in [0.5, 0.6) is 0 Å². The maximum absolute atomic E-state index is 11.6. The van der Waals surface area contributed by atoms with Crippen LogP contribution in [-0.4, -0.2) is 12.4 Å². The molecule has 0 saturated heterocycles. The zero-order valence-corrected chi connectivity index (χ0v) is 8.97. The average molecular weight is 216 g/mol. The number of benzene rings is 1. The van der Waals surface area contributed by atoms with Gasteiger partial charge >= 0.3 is 0 Å². The Balaban J connectivity index is 2.23. The quantitative estimate of drug-likeness (QED) is 0.447. The Morgan fingerprint density at radius 2 is 2.25 bits per heavy atom. The molecule has 0 unspecified atom stereocenters. The third-order valence-electron chi connectivity index (χ3n) is 2.15. The molecule has 0 aliphatic heterocycles. The maximum Gasteiger partial charge on any atom is 0.224 e. The van der Waals surface area contributed by atoms with E-state index in [4.69, 9.17) is 9.15 Å². The number of carbonyl (C=O) groups excluding carboxylic acids is 1. The van der Waals surface area contributed by atoms with Crippen molar-refractivity contribution in [2.24, 2.45) is 0 Å². The normalized spacial score (nSPS) is 11.1. The molecule has 1 aromatic carbocycles. The van der Waals surface area contributed by atoms with Gasteiger partial charge in [0.2, 0.25) is 5.78 Å². The topological polar surface area (TPSA) is 39.4 Å². The molecule has 2 rings (SSSR count). The van der Waals surface area contributed by atoms with Crippen LogP contribution < -0.4 is 0 Å². The summed E-state index contributed by atoms with van der Waals surface area (Å²) in [5.74, 6) is 0.141. The Bertz CT molecular complexity index is 490. The van der Waals surface area contributed by atoms with E-state index in [-0.39, 0.29) is 5.78 Å². The predicted octanol–water partition coefficient (Wildman–Crippen LogP) is 3.17. The lowest BCUT2D eigenvalue weighted by Gasteiger charge is -1.91. The van der Waals surface area contributed by atoms with Gasteiger partial charge in [0.1, 0.15) is 5.58 Å². The van der Waals surface area contributed by atoms with Gasteiger partial charge in [0, 0.05) is 11.5 Å². The largest absolute Gasteiger partial charge is 0.501 e. The SMILES string of the molecule is CCOC=CC(=O)c1cc2ccccc2o1. The van der Waals surface area contributed by atoms with Gasteiger partial charge in [-0.3, -0.25) is 4.79 Å². The van der Waals surface area contributed by atoms with E-state index in [1.54, 1.807) is 6.07 Å². The Kier molecular flexibility index (Phi) is 3.05. The molecule has 16 heavy (non-hydrogen) atoms. The molecule has 0 atom stereocenters. The van der Waals surface area contributed by atoms with Gasteiger partial charge in [-0.2, -0.15) is 0 Å². The van der Waals surface area contributed by atoms with Crippen molar-refractivity contribution in [1.29, 1.82) is 0 Å².